The molecule has 6 atom stereocenters. The molecule has 6 unspecified atom stereocenters. The molecule has 62 heavy (non-hydrogen) atoms. The quantitative estimate of drug-likeness (QED) is 0.229. The Hall–Kier alpha value is -1.83. The molecule has 1 aliphatic carbocycles. The van der Waals surface area contributed by atoms with Crippen LogP contribution in [0.4, 0.5) is 0 Å². The van der Waals surface area contributed by atoms with Crippen LogP contribution in [0.15, 0.2) is 54.9 Å². The minimum Gasteiger partial charge on any atom is -0.298 e. The van der Waals surface area contributed by atoms with Crippen molar-refractivity contribution in [2.45, 2.75) is 223 Å². The van der Waals surface area contributed by atoms with Crippen molar-refractivity contribution in [2.75, 3.05) is 26.2 Å². The number of rotatable bonds is 12. The molecule has 6 heteroatoms. The first-order chi connectivity index (χ1) is 29.3. The number of nitrogens with one attached hydrogen (secondary N) is 1. The Bertz CT molecular complexity index is 1360. The number of aromatic nitrogens is 1. The van der Waals surface area contributed by atoms with Crippen molar-refractivity contribution in [3.05, 3.63) is 66.0 Å². The van der Waals surface area contributed by atoms with Crippen LogP contribution in [0.2, 0.25) is 0 Å². The van der Waals surface area contributed by atoms with E-state index in [9.17, 15) is 0 Å². The summed E-state index contributed by atoms with van der Waals surface area (Å²) in [7, 11) is 0. The molecule has 5 heterocycles. The summed E-state index contributed by atoms with van der Waals surface area (Å²) in [5, 5.41) is 2.42. The van der Waals surface area contributed by atoms with Crippen LogP contribution in [-0.2, 0) is 12.8 Å². The predicted molar refractivity (Wildman–Crippen MR) is 269 cm³/mol. The number of pyridine rings is 1. The zero-order valence-corrected chi connectivity index (χ0v) is 43.4. The van der Waals surface area contributed by atoms with Crippen LogP contribution in [0.1, 0.15) is 173 Å². The van der Waals surface area contributed by atoms with Crippen LogP contribution in [0.25, 0.3) is 0 Å². The molecule has 2 aromatic rings. The highest BCUT2D eigenvalue weighted by molar-refractivity contribution is 5.16. The van der Waals surface area contributed by atoms with E-state index in [4.69, 9.17) is 0 Å². The van der Waals surface area contributed by atoms with E-state index in [-0.39, 0.29) is 0 Å². The first-order valence-electron chi connectivity index (χ1n) is 26.0. The number of benzene rings is 1. The lowest BCUT2D eigenvalue weighted by Crippen LogP contribution is -2.55. The summed E-state index contributed by atoms with van der Waals surface area (Å²) in [4.78, 5) is 12.3. The first-order valence-corrected chi connectivity index (χ1v) is 26.0. The van der Waals surface area contributed by atoms with Crippen molar-refractivity contribution in [2.24, 2.45) is 40.9 Å². The monoisotopic (exact) mass is 857 g/mol. The van der Waals surface area contributed by atoms with Gasteiger partial charge in [-0.25, -0.2) is 5.01 Å². The van der Waals surface area contributed by atoms with Crippen molar-refractivity contribution in [3.8, 4) is 0 Å². The molecule has 4 aliphatic heterocycles. The van der Waals surface area contributed by atoms with Gasteiger partial charge in [0.05, 0.1) is 0 Å². The Morgan fingerprint density at radius 3 is 1.47 bits per heavy atom. The van der Waals surface area contributed by atoms with Gasteiger partial charge in [-0.15, -0.1) is 0 Å². The standard InChI is InChI=1S/C17H27N.C16H26N2.C13H25N.C10H22N2/c1-13(2)17-11-16(12-18(17)14(3)4)10-15-8-6-5-7-9-15;1-12(2)16-9-15(11-18(16)13(3)4)8-14-6-5-7-17-10-14;1-10(2)12-9-13(5-6-13)7-8-14(12)11(3)4;1-8(2)10-6-5-7-11-12(10)9(3)4/h5-9,13-14,16-17H,10-12H2,1-4H3;5-7,10,12-13,15-16H,8-9,11H2,1-4H3;10-12H,5-9H2,1-4H3;8-11H,5-7H2,1-4H3. The molecule has 6 nitrogen and oxygen atoms in total. The number of hydrogen-bond donors (Lipinski definition) is 1. The van der Waals surface area contributed by atoms with Gasteiger partial charge in [0.25, 0.3) is 0 Å². The largest absolute Gasteiger partial charge is 0.298 e. The predicted octanol–water partition coefficient (Wildman–Crippen LogP) is 12.7. The van der Waals surface area contributed by atoms with E-state index in [1.807, 2.05) is 18.5 Å². The molecule has 354 valence electrons. The number of hydrogen-bond acceptors (Lipinski definition) is 6. The minimum atomic E-state index is 0.623. The Kier molecular flexibility index (Phi) is 21.4. The fourth-order valence-corrected chi connectivity index (χ4v) is 11.6. The smallest absolute Gasteiger partial charge is 0.0299 e. The zero-order valence-electron chi connectivity index (χ0n) is 43.4. The molecular formula is C56H100N6. The molecular weight excluding hydrogens is 757 g/mol. The number of nitrogens with zero attached hydrogens (tertiary/aromatic N) is 5. The van der Waals surface area contributed by atoms with Crippen molar-refractivity contribution < 1.29 is 0 Å². The summed E-state index contributed by atoms with van der Waals surface area (Å²) >= 11 is 0. The maximum Gasteiger partial charge on any atom is 0.0299 e. The average molecular weight is 857 g/mol. The van der Waals surface area contributed by atoms with Crippen LogP contribution in [0, 0.1) is 40.9 Å². The third-order valence-corrected chi connectivity index (χ3v) is 15.4. The number of piperidine rings is 1. The highest BCUT2D eigenvalue weighted by Gasteiger charge is 2.49. The van der Waals surface area contributed by atoms with Gasteiger partial charge in [-0.3, -0.25) is 25.1 Å². The minimum absolute atomic E-state index is 0.623. The highest BCUT2D eigenvalue weighted by atomic mass is 15.5. The van der Waals surface area contributed by atoms with E-state index < -0.39 is 0 Å². The third-order valence-electron chi connectivity index (χ3n) is 15.4. The van der Waals surface area contributed by atoms with Gasteiger partial charge < -0.3 is 0 Å². The summed E-state index contributed by atoms with van der Waals surface area (Å²) in [5.74, 6) is 4.75. The maximum atomic E-state index is 4.22. The molecule has 1 N–H and O–H groups in total. The lowest BCUT2D eigenvalue weighted by atomic mass is 9.82. The Labute approximate surface area is 385 Å². The van der Waals surface area contributed by atoms with E-state index in [0.717, 1.165) is 77.7 Å². The van der Waals surface area contributed by atoms with Crippen molar-refractivity contribution in [1.29, 1.82) is 0 Å². The van der Waals surface area contributed by atoms with E-state index in [1.165, 1.54) is 95.0 Å². The fraction of sp³-hybridized carbons (Fsp3) is 0.804. The van der Waals surface area contributed by atoms with Gasteiger partial charge in [-0.05, 0) is 184 Å². The summed E-state index contributed by atoms with van der Waals surface area (Å²) in [6, 6.07) is 21.0. The van der Waals surface area contributed by atoms with Gasteiger partial charge in [-0.2, -0.15) is 0 Å². The normalized spacial score (nSPS) is 27.0. The van der Waals surface area contributed by atoms with Gasteiger partial charge >= 0.3 is 0 Å². The molecule has 0 radical (unpaired) electrons. The van der Waals surface area contributed by atoms with Gasteiger partial charge in [0.1, 0.15) is 0 Å². The highest BCUT2D eigenvalue weighted by Crippen LogP contribution is 2.56. The molecule has 1 aromatic carbocycles. The Morgan fingerprint density at radius 1 is 0.565 bits per heavy atom. The second kappa shape index (κ2) is 25.2. The molecule has 1 spiro atoms. The molecule has 4 saturated heterocycles. The number of hydrazine groups is 1. The van der Waals surface area contributed by atoms with E-state index >= 15 is 0 Å². The maximum absolute atomic E-state index is 4.22. The topological polar surface area (TPSA) is 37.9 Å². The van der Waals surface area contributed by atoms with Crippen LogP contribution in [-0.4, -0.2) is 99.2 Å². The SMILES string of the molecule is CC(C)C1CC(Cc2ccccc2)CN1C(C)C.CC(C)C1CC(Cc2cccnc2)CN1C(C)C.CC(C)C1CC2(CCN1C(C)C)CC2.CC(C)C1CCCNN1C(C)C. The molecule has 5 fully saturated rings. The molecule has 1 saturated carbocycles. The van der Waals surface area contributed by atoms with E-state index in [0.29, 0.717) is 18.1 Å². The van der Waals surface area contributed by atoms with Crippen LogP contribution < -0.4 is 5.43 Å². The van der Waals surface area contributed by atoms with Crippen LogP contribution in [0.5, 0.6) is 0 Å². The van der Waals surface area contributed by atoms with Gasteiger partial charge in [0.15, 0.2) is 0 Å². The molecule has 0 amide bonds. The molecule has 5 aliphatic rings. The second-order valence-electron chi connectivity index (χ2n) is 23.1. The summed E-state index contributed by atoms with van der Waals surface area (Å²) in [6.07, 6.45) is 17.7. The summed E-state index contributed by atoms with van der Waals surface area (Å²) < 4.78 is 0. The number of likely N-dealkylation sites (tertiary alicyclic amines) is 3. The fourth-order valence-electron chi connectivity index (χ4n) is 11.6. The van der Waals surface area contributed by atoms with Crippen LogP contribution >= 0.6 is 0 Å². The first kappa shape index (κ1) is 52.8. The Morgan fingerprint density at radius 2 is 1.06 bits per heavy atom. The average Bonchev–Trinajstić information content (AvgIpc) is 3.60. The second-order valence-corrected chi connectivity index (χ2v) is 23.1. The molecule has 0 bridgehead atoms. The lowest BCUT2D eigenvalue weighted by molar-refractivity contribution is 0.0264. The van der Waals surface area contributed by atoms with Crippen LogP contribution in [0.3, 0.4) is 0 Å². The molecule has 7 rings (SSSR count). The van der Waals surface area contributed by atoms with Gasteiger partial charge in [0.2, 0.25) is 0 Å². The van der Waals surface area contributed by atoms with Gasteiger partial charge in [-0.1, -0.05) is 91.8 Å². The summed E-state index contributed by atoms with van der Waals surface area (Å²) in [6.45, 7) is 42.4. The Balaban J connectivity index is 0.000000184. The molecule has 1 aromatic heterocycles. The van der Waals surface area contributed by atoms with Crippen molar-refractivity contribution in [1.82, 2.24) is 30.1 Å². The van der Waals surface area contributed by atoms with E-state index in [1.54, 1.807) is 0 Å². The van der Waals surface area contributed by atoms with E-state index in [2.05, 4.69) is 177 Å². The summed E-state index contributed by atoms with van der Waals surface area (Å²) in [5.41, 5.74) is 7.17. The van der Waals surface area contributed by atoms with Crippen molar-refractivity contribution in [3.63, 3.8) is 0 Å². The zero-order chi connectivity index (χ0) is 45.7. The van der Waals surface area contributed by atoms with Gasteiger partial charge in [0, 0.05) is 80.4 Å². The third kappa shape index (κ3) is 16.0. The van der Waals surface area contributed by atoms with Crippen molar-refractivity contribution >= 4 is 0 Å². The lowest BCUT2D eigenvalue weighted by Gasteiger charge is -2.44.